The lowest BCUT2D eigenvalue weighted by molar-refractivity contribution is -0.991. The molecule has 2 saturated heterocycles. The van der Waals surface area contributed by atoms with E-state index in [2.05, 4.69) is 5.32 Å². The van der Waals surface area contributed by atoms with Crippen molar-refractivity contribution < 1.29 is 70.3 Å². The third-order valence-electron chi connectivity index (χ3n) is 5.74. The van der Waals surface area contributed by atoms with Gasteiger partial charge in [0.2, 0.25) is 0 Å². The van der Waals surface area contributed by atoms with Crippen LogP contribution in [0.3, 0.4) is 0 Å². The highest BCUT2D eigenvalue weighted by Gasteiger charge is 2.50. The lowest BCUT2D eigenvalue weighted by Gasteiger charge is -2.46. The number of hydrogen-bond acceptors (Lipinski definition) is 14. The number of quaternary nitrogens is 1. The van der Waals surface area contributed by atoms with E-state index in [0.717, 1.165) is 18.2 Å². The Morgan fingerprint density at radius 1 is 0.943 bits per heavy atom. The number of aromatic carboxylic acids is 1. The first-order valence-corrected chi connectivity index (χ1v) is 10.4. The molecule has 0 amide bonds. The van der Waals surface area contributed by atoms with Gasteiger partial charge in [-0.3, -0.25) is 0 Å². The van der Waals surface area contributed by atoms with Crippen molar-refractivity contribution in [3.05, 3.63) is 29.0 Å². The van der Waals surface area contributed by atoms with Crippen molar-refractivity contribution in [1.29, 1.82) is 0 Å². The van der Waals surface area contributed by atoms with Gasteiger partial charge >= 0.3 is 5.97 Å². The van der Waals surface area contributed by atoms with Crippen molar-refractivity contribution in [3.8, 4) is 0 Å². The Morgan fingerprint density at radius 2 is 1.60 bits per heavy atom. The first kappa shape index (κ1) is 27.6. The van der Waals surface area contributed by atoms with Crippen LogP contribution in [0.15, 0.2) is 18.2 Å². The second-order valence-corrected chi connectivity index (χ2v) is 8.11. The molecule has 0 saturated carbocycles. The van der Waals surface area contributed by atoms with Crippen LogP contribution < -0.4 is 10.5 Å². The molecular formula is C19H28N2O14. The summed E-state index contributed by atoms with van der Waals surface area (Å²) >= 11 is 0. The monoisotopic (exact) mass is 508 g/mol. The molecule has 11 N–H and O–H groups in total. The Hall–Kier alpha value is -2.03. The summed E-state index contributed by atoms with van der Waals surface area (Å²) in [6.07, 6.45) is -16.2. The van der Waals surface area contributed by atoms with E-state index in [0.29, 0.717) is 0 Å². The van der Waals surface area contributed by atoms with Crippen LogP contribution in [0.1, 0.15) is 10.4 Å². The van der Waals surface area contributed by atoms with Crippen molar-refractivity contribution in [1.82, 2.24) is 0 Å². The maximum Gasteiger partial charge on any atom is 0.335 e. The standard InChI is InChI=1S/C19H28N2O14/c22-4-9-11(24)12(25)15(28)19(34-9)35-16-10(5-23)33-17(14(27)13(16)26)20-7-1-6(18(29)30)2-8(3-7)21(31)32/h1-3,9-17,19-28,31H,4-5H2,(H,29,30)/t9-,10-,11+,12+,13-,14-,15+,16+,17-,19-/m0/s1. The lowest BCUT2D eigenvalue weighted by atomic mass is 9.96. The summed E-state index contributed by atoms with van der Waals surface area (Å²) in [6.45, 7) is -1.51. The molecule has 16 heteroatoms. The SMILES string of the molecule is O=C(O)c1cc(N[C@H]2O[C@@H](CO)[C@@H](O[C@@H]3O[C@@H](CO)[C@@H](O)[C@@H](O)[C@H]3O)[C@@H](O)[C@@H]2O)cc([NH+]([O-])O)c1. The summed E-state index contributed by atoms with van der Waals surface area (Å²) < 4.78 is 16.2. The molecule has 16 nitrogen and oxygen atoms in total. The quantitative estimate of drug-likeness (QED) is 0.147. The predicted molar refractivity (Wildman–Crippen MR) is 109 cm³/mol. The van der Waals surface area contributed by atoms with E-state index >= 15 is 0 Å². The first-order chi connectivity index (χ1) is 16.5. The van der Waals surface area contributed by atoms with Crippen LogP contribution >= 0.6 is 0 Å². The number of anilines is 1. The lowest BCUT2D eigenvalue weighted by Crippen LogP contribution is -2.99. The van der Waals surface area contributed by atoms with E-state index in [-0.39, 0.29) is 16.9 Å². The largest absolute Gasteiger partial charge is 0.595 e. The smallest absolute Gasteiger partial charge is 0.335 e. The van der Waals surface area contributed by atoms with Crippen molar-refractivity contribution in [2.75, 3.05) is 18.5 Å². The number of benzene rings is 1. The summed E-state index contributed by atoms with van der Waals surface area (Å²) in [5, 5.41) is 101. The van der Waals surface area contributed by atoms with Gasteiger partial charge in [0.05, 0.1) is 18.8 Å². The summed E-state index contributed by atoms with van der Waals surface area (Å²) in [6, 6.07) is 3.06. The molecule has 0 bridgehead atoms. The minimum Gasteiger partial charge on any atom is -0.595 e. The molecule has 3 rings (SSSR count). The summed E-state index contributed by atoms with van der Waals surface area (Å²) in [5.74, 6) is -1.41. The van der Waals surface area contributed by atoms with Gasteiger partial charge < -0.3 is 65.6 Å². The average Bonchev–Trinajstić information content (AvgIpc) is 2.83. The Bertz CT molecular complexity index is 870. The minimum atomic E-state index is -1.82. The second-order valence-electron chi connectivity index (χ2n) is 8.11. The fourth-order valence-electron chi connectivity index (χ4n) is 3.83. The van der Waals surface area contributed by atoms with Crippen LogP contribution in [-0.2, 0) is 14.2 Å². The highest BCUT2D eigenvalue weighted by molar-refractivity contribution is 5.90. The van der Waals surface area contributed by atoms with Crippen molar-refractivity contribution in [3.63, 3.8) is 0 Å². The molecule has 2 heterocycles. The van der Waals surface area contributed by atoms with Crippen LogP contribution in [0, 0.1) is 5.21 Å². The highest BCUT2D eigenvalue weighted by atomic mass is 16.8. The Morgan fingerprint density at radius 3 is 2.17 bits per heavy atom. The molecule has 1 aromatic rings. The molecule has 2 aliphatic rings. The molecule has 0 radical (unpaired) electrons. The summed E-state index contributed by atoms with van der Waals surface area (Å²) in [7, 11) is 0. The average molecular weight is 508 g/mol. The van der Waals surface area contributed by atoms with Gasteiger partial charge in [0.25, 0.3) is 0 Å². The van der Waals surface area contributed by atoms with Gasteiger partial charge in [-0.25, -0.2) is 10.0 Å². The van der Waals surface area contributed by atoms with Crippen molar-refractivity contribution in [2.45, 2.75) is 61.3 Å². The van der Waals surface area contributed by atoms with Crippen LogP contribution in [0.4, 0.5) is 11.4 Å². The van der Waals surface area contributed by atoms with E-state index in [1.807, 2.05) is 0 Å². The van der Waals surface area contributed by atoms with Crippen LogP contribution in [0.2, 0.25) is 0 Å². The van der Waals surface area contributed by atoms with Crippen LogP contribution in [0.5, 0.6) is 0 Å². The Kier molecular flexibility index (Phi) is 8.94. The molecule has 1 unspecified atom stereocenters. The van der Waals surface area contributed by atoms with E-state index in [9.17, 15) is 56.1 Å². The summed E-state index contributed by atoms with van der Waals surface area (Å²) in [5.41, 5.74) is -0.829. The highest BCUT2D eigenvalue weighted by Crippen LogP contribution is 2.30. The number of nitrogens with one attached hydrogen (secondary N) is 2. The van der Waals surface area contributed by atoms with E-state index in [1.54, 1.807) is 0 Å². The minimum absolute atomic E-state index is 0.0801. The zero-order chi connectivity index (χ0) is 26.0. The first-order valence-electron chi connectivity index (χ1n) is 10.4. The van der Waals surface area contributed by atoms with Gasteiger partial charge in [-0.05, 0) is 6.07 Å². The molecular weight excluding hydrogens is 480 g/mol. The van der Waals surface area contributed by atoms with Gasteiger partial charge in [0.1, 0.15) is 48.8 Å². The van der Waals surface area contributed by atoms with Gasteiger partial charge in [-0.2, -0.15) is 5.23 Å². The van der Waals surface area contributed by atoms with Crippen molar-refractivity contribution >= 4 is 17.3 Å². The van der Waals surface area contributed by atoms with E-state index in [1.165, 1.54) is 0 Å². The van der Waals surface area contributed by atoms with Gasteiger partial charge in [-0.1, -0.05) is 0 Å². The number of carboxylic acid groups (broad SMARTS) is 1. The Labute approximate surface area is 197 Å². The molecule has 0 aliphatic carbocycles. The molecule has 2 fully saturated rings. The summed E-state index contributed by atoms with van der Waals surface area (Å²) in [4.78, 5) is 11.3. The van der Waals surface area contributed by atoms with Crippen LogP contribution in [0.25, 0.3) is 0 Å². The third kappa shape index (κ3) is 5.87. The van der Waals surface area contributed by atoms with E-state index < -0.39 is 85.8 Å². The fraction of sp³-hybridized carbons (Fsp3) is 0.632. The molecule has 1 aromatic carbocycles. The fourth-order valence-corrected chi connectivity index (χ4v) is 3.83. The molecule has 11 atom stereocenters. The number of ether oxygens (including phenoxy) is 3. The van der Waals surface area contributed by atoms with Crippen molar-refractivity contribution in [2.24, 2.45) is 0 Å². The molecule has 2 aliphatic heterocycles. The molecule has 0 spiro atoms. The predicted octanol–water partition coefficient (Wildman–Crippen LogP) is -5.18. The van der Waals surface area contributed by atoms with E-state index in [4.69, 9.17) is 14.2 Å². The third-order valence-corrected chi connectivity index (χ3v) is 5.74. The zero-order valence-electron chi connectivity index (χ0n) is 18.0. The molecule has 198 valence electrons. The number of carboxylic acids is 1. The topological polar surface area (TPSA) is 266 Å². The number of rotatable bonds is 8. The van der Waals surface area contributed by atoms with Crippen LogP contribution in [-0.4, -0.2) is 127 Å². The number of hydrogen-bond donors (Lipinski definition) is 11. The number of aliphatic hydroxyl groups excluding tert-OH is 7. The Balaban J connectivity index is 1.77. The molecule has 0 aromatic heterocycles. The number of aliphatic hydroxyl groups is 7. The van der Waals surface area contributed by atoms with Gasteiger partial charge in [0.15, 0.2) is 18.2 Å². The maximum atomic E-state index is 11.3. The zero-order valence-corrected chi connectivity index (χ0v) is 18.0. The maximum absolute atomic E-state index is 11.3. The second kappa shape index (κ2) is 11.4. The van der Waals surface area contributed by atoms with Gasteiger partial charge in [-0.15, -0.1) is 0 Å². The number of carbonyl (C=O) groups is 1. The normalized spacial score (nSPS) is 38.7. The van der Waals surface area contributed by atoms with Gasteiger partial charge in [0, 0.05) is 17.8 Å². The molecule has 35 heavy (non-hydrogen) atoms.